The van der Waals surface area contributed by atoms with E-state index < -0.39 is 0 Å². The van der Waals surface area contributed by atoms with Crippen molar-refractivity contribution in [1.82, 2.24) is 15.3 Å². The average molecular weight is 410 g/mol. The number of H-pyrrole nitrogens is 1. The maximum absolute atomic E-state index is 12.2. The van der Waals surface area contributed by atoms with Gasteiger partial charge in [0.2, 0.25) is 0 Å². The van der Waals surface area contributed by atoms with Crippen molar-refractivity contribution >= 4 is 51.7 Å². The minimum Gasteiger partial charge on any atom is -0.347 e. The van der Waals surface area contributed by atoms with Crippen molar-refractivity contribution in [3.8, 4) is 0 Å². The molecule has 0 aliphatic carbocycles. The van der Waals surface area contributed by atoms with Gasteiger partial charge in [0.25, 0.3) is 5.91 Å². The van der Waals surface area contributed by atoms with Crippen LogP contribution < -0.4 is 5.32 Å². The standard InChI is InChI=1S/C12H10Cl2IN3O/c1-6(11-16-2-3-17-11)18-12(19)8-4-7(13)5-9(14)10(8)15/h2-6H,1H3,(H,16,17)(H,18,19). The number of imidazole rings is 1. The van der Waals surface area contributed by atoms with Crippen LogP contribution in [0.25, 0.3) is 0 Å². The minimum atomic E-state index is -0.238. The Hall–Kier alpha value is -0.790. The molecule has 0 aliphatic heterocycles. The molecule has 0 aliphatic rings. The number of nitrogens with one attached hydrogen (secondary N) is 2. The quantitative estimate of drug-likeness (QED) is 0.598. The fourth-order valence-electron chi connectivity index (χ4n) is 1.58. The van der Waals surface area contributed by atoms with Crippen LogP contribution in [0, 0.1) is 3.57 Å². The average Bonchev–Trinajstić information content (AvgIpc) is 2.87. The minimum absolute atomic E-state index is 0.226. The van der Waals surface area contributed by atoms with Gasteiger partial charge in [-0.1, -0.05) is 23.2 Å². The van der Waals surface area contributed by atoms with Gasteiger partial charge in [-0.2, -0.15) is 0 Å². The second-order valence-corrected chi connectivity index (χ2v) is 5.84. The molecule has 2 aromatic rings. The van der Waals surface area contributed by atoms with Crippen LogP contribution in [-0.4, -0.2) is 15.9 Å². The van der Waals surface area contributed by atoms with Gasteiger partial charge in [-0.3, -0.25) is 4.79 Å². The van der Waals surface area contributed by atoms with Crippen LogP contribution in [0.3, 0.4) is 0 Å². The summed E-state index contributed by atoms with van der Waals surface area (Å²) in [6, 6.07) is 2.98. The molecule has 0 saturated carbocycles. The summed E-state index contributed by atoms with van der Waals surface area (Å²) in [7, 11) is 0. The van der Waals surface area contributed by atoms with E-state index in [1.807, 2.05) is 29.5 Å². The Morgan fingerprint density at radius 1 is 1.47 bits per heavy atom. The summed E-state index contributed by atoms with van der Waals surface area (Å²) in [4.78, 5) is 19.2. The highest BCUT2D eigenvalue weighted by Gasteiger charge is 2.17. The lowest BCUT2D eigenvalue weighted by atomic mass is 10.2. The van der Waals surface area contributed by atoms with Gasteiger partial charge in [0.1, 0.15) is 5.82 Å². The number of carbonyl (C=O) groups excluding carboxylic acids is 1. The highest BCUT2D eigenvalue weighted by molar-refractivity contribution is 14.1. The zero-order valence-corrected chi connectivity index (χ0v) is 13.5. The van der Waals surface area contributed by atoms with Crippen molar-refractivity contribution in [1.29, 1.82) is 0 Å². The zero-order valence-electron chi connectivity index (χ0n) is 9.88. The Kier molecular flexibility index (Phi) is 4.70. The molecule has 7 heteroatoms. The first-order valence-corrected chi connectivity index (χ1v) is 7.27. The van der Waals surface area contributed by atoms with Crippen LogP contribution in [0.4, 0.5) is 0 Å². The number of carbonyl (C=O) groups is 1. The van der Waals surface area contributed by atoms with Gasteiger partial charge in [-0.25, -0.2) is 4.98 Å². The summed E-state index contributed by atoms with van der Waals surface area (Å²) in [5.74, 6) is 0.453. The smallest absolute Gasteiger partial charge is 0.253 e. The zero-order chi connectivity index (χ0) is 14.0. The van der Waals surface area contributed by atoms with Gasteiger partial charge in [0.05, 0.1) is 16.6 Å². The van der Waals surface area contributed by atoms with Gasteiger partial charge >= 0.3 is 0 Å². The van der Waals surface area contributed by atoms with E-state index in [4.69, 9.17) is 23.2 Å². The molecule has 0 radical (unpaired) electrons. The first-order chi connectivity index (χ1) is 8.99. The van der Waals surface area contributed by atoms with Crippen molar-refractivity contribution in [2.45, 2.75) is 13.0 Å². The number of nitrogens with zero attached hydrogens (tertiary/aromatic N) is 1. The molecule has 1 unspecified atom stereocenters. The van der Waals surface area contributed by atoms with E-state index in [2.05, 4.69) is 15.3 Å². The van der Waals surface area contributed by atoms with E-state index >= 15 is 0 Å². The first-order valence-electron chi connectivity index (χ1n) is 5.43. The molecule has 1 aromatic carbocycles. The molecule has 1 aromatic heterocycles. The molecular weight excluding hydrogens is 400 g/mol. The van der Waals surface area contributed by atoms with E-state index in [-0.39, 0.29) is 11.9 Å². The van der Waals surface area contributed by atoms with Crippen LogP contribution in [0.1, 0.15) is 29.1 Å². The lowest BCUT2D eigenvalue weighted by molar-refractivity contribution is 0.0937. The third-order valence-electron chi connectivity index (χ3n) is 2.51. The normalized spacial score (nSPS) is 12.2. The highest BCUT2D eigenvalue weighted by Crippen LogP contribution is 2.27. The number of benzene rings is 1. The van der Waals surface area contributed by atoms with E-state index in [0.29, 0.717) is 25.0 Å². The number of halogens is 3. The Bertz CT molecular complexity index is 601. The second-order valence-electron chi connectivity index (χ2n) is 3.92. The van der Waals surface area contributed by atoms with Crippen molar-refractivity contribution in [2.75, 3.05) is 0 Å². The van der Waals surface area contributed by atoms with Gasteiger partial charge in [-0.05, 0) is 41.6 Å². The number of rotatable bonds is 3. The predicted molar refractivity (Wildman–Crippen MR) is 83.6 cm³/mol. The second kappa shape index (κ2) is 6.11. The van der Waals surface area contributed by atoms with Crippen molar-refractivity contribution in [3.05, 3.63) is 49.5 Å². The lowest BCUT2D eigenvalue weighted by Gasteiger charge is -2.13. The Morgan fingerprint density at radius 2 is 2.21 bits per heavy atom. The maximum Gasteiger partial charge on any atom is 0.253 e. The van der Waals surface area contributed by atoms with E-state index in [1.54, 1.807) is 24.5 Å². The van der Waals surface area contributed by atoms with Crippen LogP contribution in [0.2, 0.25) is 10.0 Å². The van der Waals surface area contributed by atoms with Crippen LogP contribution in [-0.2, 0) is 0 Å². The van der Waals surface area contributed by atoms with Gasteiger partial charge in [0.15, 0.2) is 0 Å². The molecule has 0 saturated heterocycles. The molecule has 2 rings (SSSR count). The number of aromatic amines is 1. The lowest BCUT2D eigenvalue weighted by Crippen LogP contribution is -2.28. The highest BCUT2D eigenvalue weighted by atomic mass is 127. The van der Waals surface area contributed by atoms with Gasteiger partial charge < -0.3 is 10.3 Å². The van der Waals surface area contributed by atoms with Crippen molar-refractivity contribution in [2.24, 2.45) is 0 Å². The predicted octanol–water partition coefficient (Wildman–Crippen LogP) is 3.81. The molecule has 0 bridgehead atoms. The molecule has 1 amide bonds. The van der Waals surface area contributed by atoms with Crippen molar-refractivity contribution < 1.29 is 4.79 Å². The molecule has 4 nitrogen and oxygen atoms in total. The fraction of sp³-hybridized carbons (Fsp3) is 0.167. The van der Waals surface area contributed by atoms with Crippen molar-refractivity contribution in [3.63, 3.8) is 0 Å². The molecule has 2 N–H and O–H groups in total. The summed E-state index contributed by atoms with van der Waals surface area (Å²) in [6.07, 6.45) is 3.34. The van der Waals surface area contributed by atoms with Gasteiger partial charge in [-0.15, -0.1) is 0 Å². The molecule has 100 valence electrons. The Morgan fingerprint density at radius 3 is 2.84 bits per heavy atom. The molecule has 1 atom stereocenters. The molecule has 0 spiro atoms. The summed E-state index contributed by atoms with van der Waals surface area (Å²) in [6.45, 7) is 1.84. The topological polar surface area (TPSA) is 57.8 Å². The summed E-state index contributed by atoms with van der Waals surface area (Å²) >= 11 is 13.9. The Labute approximate surface area is 134 Å². The van der Waals surface area contributed by atoms with Gasteiger partial charge in [0, 0.05) is 21.0 Å². The van der Waals surface area contributed by atoms with E-state index in [1.165, 1.54) is 0 Å². The van der Waals surface area contributed by atoms with Crippen LogP contribution >= 0.6 is 45.8 Å². The Balaban J connectivity index is 2.21. The summed E-state index contributed by atoms with van der Waals surface area (Å²) < 4.78 is 0.674. The summed E-state index contributed by atoms with van der Waals surface area (Å²) in [5.41, 5.74) is 0.455. The molecule has 0 fully saturated rings. The monoisotopic (exact) mass is 409 g/mol. The number of amides is 1. The third kappa shape index (κ3) is 3.40. The maximum atomic E-state index is 12.2. The fourth-order valence-corrected chi connectivity index (χ4v) is 2.63. The largest absolute Gasteiger partial charge is 0.347 e. The summed E-state index contributed by atoms with van der Waals surface area (Å²) in [5, 5.41) is 3.73. The van der Waals surface area contributed by atoms with Crippen LogP contribution in [0.5, 0.6) is 0 Å². The van der Waals surface area contributed by atoms with E-state index in [0.717, 1.165) is 0 Å². The molecule has 1 heterocycles. The molecule has 19 heavy (non-hydrogen) atoms. The number of hydrogen-bond acceptors (Lipinski definition) is 2. The number of aromatic nitrogens is 2. The van der Waals surface area contributed by atoms with E-state index in [9.17, 15) is 4.79 Å². The first kappa shape index (κ1) is 14.6. The van der Waals surface area contributed by atoms with Crippen LogP contribution in [0.15, 0.2) is 24.5 Å². The molecular formula is C12H10Cl2IN3O. The third-order valence-corrected chi connectivity index (χ3v) is 4.51. The SMILES string of the molecule is CC(NC(=O)c1cc(Cl)cc(Cl)c1I)c1ncc[nH]1. The number of hydrogen-bond donors (Lipinski definition) is 2.